The topological polar surface area (TPSA) is 37.8 Å². The van der Waals surface area contributed by atoms with E-state index in [2.05, 4.69) is 29.6 Å². The van der Waals surface area contributed by atoms with Gasteiger partial charge in [0.2, 0.25) is 0 Å². The Labute approximate surface area is 113 Å². The van der Waals surface area contributed by atoms with Crippen molar-refractivity contribution in [3.8, 4) is 0 Å². The molecule has 1 aliphatic heterocycles. The molecule has 0 atom stereocenters. The highest BCUT2D eigenvalue weighted by atomic mass is 15.0. The Hall–Kier alpha value is -1.74. The molecule has 1 aliphatic carbocycles. The molecule has 3 heteroatoms. The van der Waals surface area contributed by atoms with Crippen molar-refractivity contribution in [2.24, 2.45) is 0 Å². The molecule has 1 N–H and O–H groups in total. The second-order valence-electron chi connectivity index (χ2n) is 5.49. The predicted octanol–water partition coefficient (Wildman–Crippen LogP) is 2.55. The van der Waals surface area contributed by atoms with Gasteiger partial charge in [0.25, 0.3) is 0 Å². The van der Waals surface area contributed by atoms with Gasteiger partial charge in [-0.2, -0.15) is 0 Å². The van der Waals surface area contributed by atoms with E-state index in [0.29, 0.717) is 5.92 Å². The van der Waals surface area contributed by atoms with E-state index in [1.165, 1.54) is 35.4 Å². The van der Waals surface area contributed by atoms with Gasteiger partial charge in [-0.05, 0) is 18.4 Å². The largest absolute Gasteiger partial charge is 0.307 e. The number of rotatable bonds is 3. The molecule has 0 amide bonds. The quantitative estimate of drug-likeness (QED) is 0.911. The summed E-state index contributed by atoms with van der Waals surface area (Å²) in [5.74, 6) is 1.68. The lowest BCUT2D eigenvalue weighted by Gasteiger charge is -2.09. The van der Waals surface area contributed by atoms with Crippen LogP contribution < -0.4 is 5.32 Å². The van der Waals surface area contributed by atoms with E-state index in [-0.39, 0.29) is 0 Å². The normalized spacial score (nSPS) is 17.5. The molecule has 2 aliphatic rings. The van der Waals surface area contributed by atoms with Crippen LogP contribution in [0.5, 0.6) is 0 Å². The zero-order valence-corrected chi connectivity index (χ0v) is 10.9. The Bertz CT molecular complexity index is 603. The summed E-state index contributed by atoms with van der Waals surface area (Å²) in [6.07, 6.45) is 3.44. The fraction of sp³-hybridized carbons (Fsp3) is 0.375. The van der Waals surface area contributed by atoms with Crippen molar-refractivity contribution in [3.63, 3.8) is 0 Å². The number of benzene rings is 1. The molecule has 2 aromatic rings. The molecule has 0 spiro atoms. The molecule has 19 heavy (non-hydrogen) atoms. The van der Waals surface area contributed by atoms with Crippen molar-refractivity contribution in [3.05, 3.63) is 58.7 Å². The van der Waals surface area contributed by atoms with Gasteiger partial charge in [-0.3, -0.25) is 0 Å². The first-order valence-corrected chi connectivity index (χ1v) is 7.03. The van der Waals surface area contributed by atoms with Crippen molar-refractivity contribution in [1.29, 1.82) is 0 Å². The number of fused-ring (bicyclic) bond motifs is 1. The highest BCUT2D eigenvalue weighted by Gasteiger charge is 2.31. The summed E-state index contributed by atoms with van der Waals surface area (Å²) in [7, 11) is 0. The third-order valence-electron chi connectivity index (χ3n) is 3.93. The van der Waals surface area contributed by atoms with Crippen molar-refractivity contribution in [2.75, 3.05) is 0 Å². The fourth-order valence-electron chi connectivity index (χ4n) is 2.80. The van der Waals surface area contributed by atoms with Gasteiger partial charge < -0.3 is 5.32 Å². The van der Waals surface area contributed by atoms with E-state index < -0.39 is 0 Å². The molecule has 0 saturated heterocycles. The molecule has 2 heterocycles. The minimum Gasteiger partial charge on any atom is -0.307 e. The smallest absolute Gasteiger partial charge is 0.133 e. The minimum atomic E-state index is 0.700. The van der Waals surface area contributed by atoms with Gasteiger partial charge in [0.15, 0.2) is 0 Å². The Balaban J connectivity index is 1.71. The van der Waals surface area contributed by atoms with E-state index in [1.54, 1.807) is 0 Å². The van der Waals surface area contributed by atoms with Crippen molar-refractivity contribution in [1.82, 2.24) is 15.3 Å². The summed E-state index contributed by atoms with van der Waals surface area (Å²) in [5.41, 5.74) is 5.21. The van der Waals surface area contributed by atoms with E-state index in [9.17, 15) is 0 Å². The lowest BCUT2D eigenvalue weighted by atomic mass is 10.1. The maximum absolute atomic E-state index is 4.85. The molecule has 0 unspecified atom stereocenters. The number of hydrogen-bond donors (Lipinski definition) is 1. The van der Waals surface area contributed by atoms with Crippen molar-refractivity contribution in [2.45, 2.75) is 38.3 Å². The number of nitrogens with zero attached hydrogens (tertiary/aromatic N) is 2. The molecule has 1 aromatic carbocycles. The summed E-state index contributed by atoms with van der Waals surface area (Å²) in [4.78, 5) is 9.60. The Morgan fingerprint density at radius 2 is 1.89 bits per heavy atom. The Kier molecular flexibility index (Phi) is 2.59. The maximum Gasteiger partial charge on any atom is 0.133 e. The fourth-order valence-corrected chi connectivity index (χ4v) is 2.80. The van der Waals surface area contributed by atoms with Crippen LogP contribution in [0.15, 0.2) is 30.3 Å². The standard InChI is InChI=1S/C16H17N3/c1-2-4-11(5-3-1)8-15-18-14-10-17-9-13(14)16(19-15)12-6-7-12/h1-5,12,17H,6-10H2. The van der Waals surface area contributed by atoms with E-state index in [1.807, 2.05) is 6.07 Å². The first kappa shape index (κ1) is 11.1. The van der Waals surface area contributed by atoms with Gasteiger partial charge in [-0.15, -0.1) is 0 Å². The Morgan fingerprint density at radius 3 is 2.68 bits per heavy atom. The third-order valence-corrected chi connectivity index (χ3v) is 3.93. The zero-order valence-electron chi connectivity index (χ0n) is 10.9. The first-order valence-electron chi connectivity index (χ1n) is 7.03. The van der Waals surface area contributed by atoms with Gasteiger partial charge in [0, 0.05) is 31.0 Å². The van der Waals surface area contributed by atoms with Crippen LogP contribution in [-0.4, -0.2) is 9.97 Å². The molecule has 0 radical (unpaired) electrons. The Morgan fingerprint density at radius 1 is 1.05 bits per heavy atom. The lowest BCUT2D eigenvalue weighted by Crippen LogP contribution is -2.06. The zero-order chi connectivity index (χ0) is 12.7. The van der Waals surface area contributed by atoms with E-state index >= 15 is 0 Å². The second-order valence-corrected chi connectivity index (χ2v) is 5.49. The monoisotopic (exact) mass is 251 g/mol. The molecule has 1 aromatic heterocycles. The second kappa shape index (κ2) is 4.42. The number of nitrogens with one attached hydrogen (secondary N) is 1. The van der Waals surface area contributed by atoms with Gasteiger partial charge in [-0.1, -0.05) is 30.3 Å². The van der Waals surface area contributed by atoms with Crippen molar-refractivity contribution >= 4 is 0 Å². The molecular formula is C16H17N3. The molecule has 4 rings (SSSR count). The van der Waals surface area contributed by atoms with Crippen LogP contribution in [0.2, 0.25) is 0 Å². The van der Waals surface area contributed by atoms with Crippen LogP contribution >= 0.6 is 0 Å². The predicted molar refractivity (Wildman–Crippen MR) is 73.8 cm³/mol. The number of hydrogen-bond acceptors (Lipinski definition) is 3. The van der Waals surface area contributed by atoms with Crippen LogP contribution in [0.25, 0.3) is 0 Å². The van der Waals surface area contributed by atoms with Gasteiger partial charge in [0.05, 0.1) is 11.4 Å². The maximum atomic E-state index is 4.85. The van der Waals surface area contributed by atoms with E-state index in [0.717, 1.165) is 25.3 Å². The molecular weight excluding hydrogens is 234 g/mol. The molecule has 1 fully saturated rings. The summed E-state index contributed by atoms with van der Waals surface area (Å²) in [6.45, 7) is 1.85. The van der Waals surface area contributed by atoms with Crippen LogP contribution in [0.4, 0.5) is 0 Å². The highest BCUT2D eigenvalue weighted by Crippen LogP contribution is 2.41. The van der Waals surface area contributed by atoms with Crippen LogP contribution in [0.1, 0.15) is 47.1 Å². The van der Waals surface area contributed by atoms with E-state index in [4.69, 9.17) is 9.97 Å². The molecule has 0 bridgehead atoms. The summed E-state index contributed by atoms with van der Waals surface area (Å²) >= 11 is 0. The minimum absolute atomic E-state index is 0.700. The summed E-state index contributed by atoms with van der Waals surface area (Å²) in [6, 6.07) is 10.5. The third kappa shape index (κ3) is 2.15. The average Bonchev–Trinajstić information content (AvgIpc) is 3.17. The lowest BCUT2D eigenvalue weighted by molar-refractivity contribution is 0.754. The van der Waals surface area contributed by atoms with Gasteiger partial charge in [0.1, 0.15) is 5.82 Å². The average molecular weight is 251 g/mol. The molecule has 96 valence electrons. The van der Waals surface area contributed by atoms with Crippen LogP contribution in [-0.2, 0) is 19.5 Å². The highest BCUT2D eigenvalue weighted by molar-refractivity contribution is 5.34. The summed E-state index contributed by atoms with van der Waals surface area (Å²) in [5, 5.41) is 3.40. The van der Waals surface area contributed by atoms with Crippen LogP contribution in [0, 0.1) is 0 Å². The van der Waals surface area contributed by atoms with Gasteiger partial charge in [-0.25, -0.2) is 9.97 Å². The SMILES string of the molecule is c1ccc(Cc2nc3c(c(C4CC4)n2)CNC3)cc1. The first-order chi connectivity index (χ1) is 9.40. The van der Waals surface area contributed by atoms with Gasteiger partial charge >= 0.3 is 0 Å². The summed E-state index contributed by atoms with van der Waals surface area (Å²) < 4.78 is 0. The number of aromatic nitrogens is 2. The molecule has 3 nitrogen and oxygen atoms in total. The molecule has 1 saturated carbocycles. The van der Waals surface area contributed by atoms with Crippen LogP contribution in [0.3, 0.4) is 0 Å². The van der Waals surface area contributed by atoms with Crippen molar-refractivity contribution < 1.29 is 0 Å².